The van der Waals surface area contributed by atoms with Gasteiger partial charge in [0.2, 0.25) is 10.0 Å². The van der Waals surface area contributed by atoms with Gasteiger partial charge < -0.3 is 5.43 Å². The van der Waals surface area contributed by atoms with E-state index in [9.17, 15) is 8.42 Å². The molecule has 3 N–H and O–H groups in total. The second-order valence-corrected chi connectivity index (χ2v) is 6.95. The molecule has 0 spiro atoms. The van der Waals surface area contributed by atoms with E-state index >= 15 is 0 Å². The molecule has 7 nitrogen and oxygen atoms in total. The van der Waals surface area contributed by atoms with Gasteiger partial charge in [-0.25, -0.2) is 8.42 Å². The summed E-state index contributed by atoms with van der Waals surface area (Å²) in [6, 6.07) is 1.84. The molecule has 1 aromatic heterocycles. The third kappa shape index (κ3) is 3.18. The lowest BCUT2D eigenvalue weighted by molar-refractivity contribution is 0.224. The molecule has 8 heteroatoms. The Kier molecular flexibility index (Phi) is 5.15. The molecule has 1 aliphatic rings. The predicted molar refractivity (Wildman–Crippen MR) is 82.1 cm³/mol. The number of rotatable bonds is 6. The number of anilines is 1. The van der Waals surface area contributed by atoms with Crippen molar-refractivity contribution in [1.29, 1.82) is 0 Å². The minimum atomic E-state index is -3.56. The third-order valence-corrected chi connectivity index (χ3v) is 5.91. The molecule has 1 fully saturated rings. The van der Waals surface area contributed by atoms with Gasteiger partial charge in [0, 0.05) is 31.5 Å². The second kappa shape index (κ2) is 6.69. The summed E-state index contributed by atoms with van der Waals surface area (Å²) in [6.07, 6.45) is 3.71. The molecule has 0 saturated carbocycles. The van der Waals surface area contributed by atoms with E-state index in [0.717, 1.165) is 19.5 Å². The van der Waals surface area contributed by atoms with Gasteiger partial charge in [-0.1, -0.05) is 13.8 Å². The fraction of sp³-hybridized carbons (Fsp3) is 0.615. The molecule has 1 saturated heterocycles. The molecule has 0 aliphatic carbocycles. The summed E-state index contributed by atoms with van der Waals surface area (Å²) < 4.78 is 27.0. The molecule has 0 aromatic carbocycles. The van der Waals surface area contributed by atoms with Crippen LogP contribution in [0.25, 0.3) is 0 Å². The topological polar surface area (TPSA) is 91.6 Å². The Morgan fingerprint density at radius 3 is 2.81 bits per heavy atom. The minimum Gasteiger partial charge on any atom is -0.323 e. The number of nitrogen functional groups attached to an aromatic ring is 1. The number of nitrogens with two attached hydrogens (primary N) is 1. The number of aromatic nitrogens is 1. The molecule has 0 bridgehead atoms. The van der Waals surface area contributed by atoms with E-state index < -0.39 is 10.0 Å². The number of hydrazine groups is 1. The van der Waals surface area contributed by atoms with Crippen LogP contribution in [0, 0.1) is 0 Å². The van der Waals surface area contributed by atoms with Gasteiger partial charge in [-0.2, -0.15) is 4.31 Å². The molecule has 2 heterocycles. The maximum Gasteiger partial charge on any atom is 0.246 e. The van der Waals surface area contributed by atoms with Crippen LogP contribution in [-0.2, 0) is 10.0 Å². The van der Waals surface area contributed by atoms with Crippen LogP contribution in [0.1, 0.15) is 20.3 Å². The number of nitrogens with one attached hydrogen (secondary N) is 1. The molecule has 1 unspecified atom stereocenters. The van der Waals surface area contributed by atoms with Crippen LogP contribution >= 0.6 is 0 Å². The van der Waals surface area contributed by atoms with E-state index in [1.807, 2.05) is 0 Å². The first-order valence-electron chi connectivity index (χ1n) is 7.19. The lowest BCUT2D eigenvalue weighted by Gasteiger charge is -2.26. The molecule has 1 atom stereocenters. The summed E-state index contributed by atoms with van der Waals surface area (Å²) >= 11 is 0. The predicted octanol–water partition coefficient (Wildman–Crippen LogP) is 0.472. The molecule has 21 heavy (non-hydrogen) atoms. The summed E-state index contributed by atoms with van der Waals surface area (Å²) in [4.78, 5) is 6.33. The van der Waals surface area contributed by atoms with Crippen LogP contribution in [0.2, 0.25) is 0 Å². The van der Waals surface area contributed by atoms with Crippen LogP contribution in [-0.4, -0.2) is 54.8 Å². The van der Waals surface area contributed by atoms with E-state index in [-0.39, 0.29) is 10.9 Å². The van der Waals surface area contributed by atoms with E-state index in [1.54, 1.807) is 6.07 Å². The largest absolute Gasteiger partial charge is 0.323 e. The Labute approximate surface area is 126 Å². The van der Waals surface area contributed by atoms with Crippen molar-refractivity contribution >= 4 is 15.7 Å². The summed E-state index contributed by atoms with van der Waals surface area (Å²) in [7, 11) is -3.56. The third-order valence-electron chi connectivity index (χ3n) is 4.01. The smallest absolute Gasteiger partial charge is 0.246 e. The molecule has 2 rings (SSSR count). The van der Waals surface area contributed by atoms with Crippen molar-refractivity contribution in [1.82, 2.24) is 14.2 Å². The maximum atomic E-state index is 12.7. The van der Waals surface area contributed by atoms with Crippen LogP contribution < -0.4 is 11.3 Å². The van der Waals surface area contributed by atoms with E-state index in [1.165, 1.54) is 16.7 Å². The van der Waals surface area contributed by atoms with Gasteiger partial charge in [0.25, 0.3) is 0 Å². The fourth-order valence-electron chi connectivity index (χ4n) is 2.81. The summed E-state index contributed by atoms with van der Waals surface area (Å²) in [6.45, 7) is 7.09. The van der Waals surface area contributed by atoms with Gasteiger partial charge >= 0.3 is 0 Å². The Balaban J connectivity index is 2.22. The number of sulfonamides is 1. The van der Waals surface area contributed by atoms with Gasteiger partial charge in [0.15, 0.2) is 0 Å². The van der Waals surface area contributed by atoms with Crippen molar-refractivity contribution in [3.8, 4) is 0 Å². The highest BCUT2D eigenvalue weighted by atomic mass is 32.2. The van der Waals surface area contributed by atoms with Gasteiger partial charge in [-0.3, -0.25) is 15.7 Å². The van der Waals surface area contributed by atoms with Crippen molar-refractivity contribution in [3.05, 3.63) is 18.5 Å². The number of likely N-dealkylation sites (N-methyl/N-ethyl adjacent to an activating group) is 1. The van der Waals surface area contributed by atoms with Crippen molar-refractivity contribution in [3.63, 3.8) is 0 Å². The number of pyridine rings is 1. The SMILES string of the molecule is CCN(CC)C1CCN(S(=O)(=O)c2cnccc2NN)C1. The number of hydrogen-bond acceptors (Lipinski definition) is 6. The Morgan fingerprint density at radius 1 is 1.48 bits per heavy atom. The first kappa shape index (κ1) is 16.2. The first-order valence-corrected chi connectivity index (χ1v) is 8.63. The normalized spacial score (nSPS) is 20.1. The first-order chi connectivity index (χ1) is 10.0. The van der Waals surface area contributed by atoms with Gasteiger partial charge in [0.05, 0.1) is 5.69 Å². The van der Waals surface area contributed by atoms with Crippen molar-refractivity contribution < 1.29 is 8.42 Å². The zero-order valence-corrected chi connectivity index (χ0v) is 13.3. The van der Waals surface area contributed by atoms with Crippen LogP contribution in [0.5, 0.6) is 0 Å². The van der Waals surface area contributed by atoms with Gasteiger partial charge in [0.1, 0.15) is 4.90 Å². The zero-order valence-electron chi connectivity index (χ0n) is 12.5. The average Bonchev–Trinajstić information content (AvgIpc) is 2.99. The van der Waals surface area contributed by atoms with Gasteiger partial charge in [-0.05, 0) is 25.6 Å². The standard InChI is InChI=1S/C13H23N5O2S/c1-3-17(4-2)11-6-8-18(10-11)21(19,20)13-9-15-7-5-12(13)16-14/h5,7,9,11H,3-4,6,8,10,14H2,1-2H3,(H,15,16). The van der Waals surface area contributed by atoms with Crippen LogP contribution in [0.3, 0.4) is 0 Å². The molecular formula is C13H23N5O2S. The van der Waals surface area contributed by atoms with E-state index in [4.69, 9.17) is 5.84 Å². The summed E-state index contributed by atoms with van der Waals surface area (Å²) in [5.41, 5.74) is 2.80. The Bertz CT molecular complexity index is 574. The second-order valence-electron chi connectivity index (χ2n) is 5.04. The van der Waals surface area contributed by atoms with Crippen molar-refractivity contribution in [2.75, 3.05) is 31.6 Å². The monoisotopic (exact) mass is 313 g/mol. The number of nitrogens with zero attached hydrogens (tertiary/aromatic N) is 3. The van der Waals surface area contributed by atoms with Crippen molar-refractivity contribution in [2.45, 2.75) is 31.2 Å². The Hall–Kier alpha value is -1.22. The number of hydrogen-bond donors (Lipinski definition) is 2. The lowest BCUT2D eigenvalue weighted by Crippen LogP contribution is -2.38. The van der Waals surface area contributed by atoms with Crippen LogP contribution in [0.15, 0.2) is 23.4 Å². The molecular weight excluding hydrogens is 290 g/mol. The highest BCUT2D eigenvalue weighted by Crippen LogP contribution is 2.27. The molecule has 1 aliphatic heterocycles. The highest BCUT2D eigenvalue weighted by molar-refractivity contribution is 7.89. The maximum absolute atomic E-state index is 12.7. The lowest BCUT2D eigenvalue weighted by atomic mass is 10.2. The summed E-state index contributed by atoms with van der Waals surface area (Å²) in [5.74, 6) is 5.40. The summed E-state index contributed by atoms with van der Waals surface area (Å²) in [5, 5.41) is 0. The van der Waals surface area contributed by atoms with E-state index in [0.29, 0.717) is 18.8 Å². The average molecular weight is 313 g/mol. The van der Waals surface area contributed by atoms with Crippen LogP contribution in [0.4, 0.5) is 5.69 Å². The Morgan fingerprint density at radius 2 is 2.19 bits per heavy atom. The van der Waals surface area contributed by atoms with Gasteiger partial charge in [-0.15, -0.1) is 0 Å². The fourth-order valence-corrected chi connectivity index (χ4v) is 4.40. The molecule has 118 valence electrons. The minimum absolute atomic E-state index is 0.132. The zero-order chi connectivity index (χ0) is 15.5. The quantitative estimate of drug-likeness (QED) is 0.586. The molecule has 0 radical (unpaired) electrons. The highest BCUT2D eigenvalue weighted by Gasteiger charge is 2.35. The molecule has 1 aromatic rings. The molecule has 0 amide bonds. The van der Waals surface area contributed by atoms with Crippen molar-refractivity contribution in [2.24, 2.45) is 5.84 Å². The van der Waals surface area contributed by atoms with E-state index in [2.05, 4.69) is 29.2 Å².